The van der Waals surface area contributed by atoms with E-state index in [1.54, 1.807) is 0 Å². The Hall–Kier alpha value is -3.32. The molecule has 0 bridgehead atoms. The van der Waals surface area contributed by atoms with Crippen LogP contribution in [0.1, 0.15) is 26.3 Å². The van der Waals surface area contributed by atoms with E-state index in [2.05, 4.69) is 122 Å². The largest absolute Gasteiger partial charge is 0.309 e. The van der Waals surface area contributed by atoms with E-state index in [1.165, 1.54) is 44.2 Å². The molecule has 5 rings (SSSR count). The van der Waals surface area contributed by atoms with Gasteiger partial charge in [0, 0.05) is 16.5 Å². The molecule has 0 fully saturated rings. The van der Waals surface area contributed by atoms with Gasteiger partial charge in [0.15, 0.2) is 0 Å². The van der Waals surface area contributed by atoms with E-state index in [9.17, 15) is 0 Å². The molecule has 5 aromatic rings. The van der Waals surface area contributed by atoms with Crippen LogP contribution in [0, 0.1) is 0 Å². The lowest BCUT2D eigenvalue weighted by Crippen LogP contribution is -2.13. The minimum atomic E-state index is 0.0489. The molecule has 0 spiro atoms. The van der Waals surface area contributed by atoms with Crippen LogP contribution in [-0.2, 0) is 5.41 Å². The number of benzene rings is 4. The molecule has 142 valence electrons. The summed E-state index contributed by atoms with van der Waals surface area (Å²) < 4.78 is 2.44. The van der Waals surface area contributed by atoms with Crippen LogP contribution in [0.4, 0.5) is 0 Å². The van der Waals surface area contributed by atoms with Gasteiger partial charge in [-0.1, -0.05) is 99.6 Å². The monoisotopic (exact) mass is 375 g/mol. The van der Waals surface area contributed by atoms with Gasteiger partial charge in [-0.2, -0.15) is 0 Å². The lowest BCUT2D eigenvalue weighted by atomic mass is 9.85. The molecule has 1 nitrogen and oxygen atoms in total. The van der Waals surface area contributed by atoms with Gasteiger partial charge in [-0.25, -0.2) is 0 Å². The maximum absolute atomic E-state index is 2.44. The molecule has 1 heteroatoms. The smallest absolute Gasteiger partial charge is 0.0578 e. The lowest BCUT2D eigenvalue weighted by Gasteiger charge is -2.22. The third-order valence-corrected chi connectivity index (χ3v) is 5.72. The van der Waals surface area contributed by atoms with Gasteiger partial charge in [0.1, 0.15) is 0 Å². The van der Waals surface area contributed by atoms with Crippen molar-refractivity contribution in [2.45, 2.75) is 26.2 Å². The molecule has 0 saturated carbocycles. The Balaban J connectivity index is 2.01. The van der Waals surface area contributed by atoms with Crippen LogP contribution in [0.3, 0.4) is 0 Å². The summed E-state index contributed by atoms with van der Waals surface area (Å²) in [6.07, 6.45) is 0. The maximum Gasteiger partial charge on any atom is 0.0578 e. The average Bonchev–Trinajstić information content (AvgIpc) is 3.09. The summed E-state index contributed by atoms with van der Waals surface area (Å²) in [7, 11) is 0. The molecule has 0 N–H and O–H groups in total. The number of nitrogens with zero attached hydrogens (tertiary/aromatic N) is 1. The normalized spacial score (nSPS) is 12.0. The van der Waals surface area contributed by atoms with Crippen LogP contribution in [0.2, 0.25) is 0 Å². The predicted octanol–water partition coefficient (Wildman–Crippen LogP) is 7.75. The molecule has 0 radical (unpaired) electrons. The van der Waals surface area contributed by atoms with Crippen LogP contribution >= 0.6 is 0 Å². The third-order valence-electron chi connectivity index (χ3n) is 5.72. The van der Waals surface area contributed by atoms with Crippen molar-refractivity contribution in [1.29, 1.82) is 0 Å². The molecule has 4 aromatic carbocycles. The Morgan fingerprint density at radius 3 is 1.97 bits per heavy atom. The minimum absolute atomic E-state index is 0.0489. The number of para-hydroxylation sites is 2. The Bertz CT molecular complexity index is 1300. The molecule has 29 heavy (non-hydrogen) atoms. The zero-order chi connectivity index (χ0) is 20.0. The Morgan fingerprint density at radius 2 is 1.28 bits per heavy atom. The number of rotatable bonds is 2. The predicted molar refractivity (Wildman–Crippen MR) is 125 cm³/mol. The van der Waals surface area contributed by atoms with Gasteiger partial charge in [0.05, 0.1) is 11.0 Å². The minimum Gasteiger partial charge on any atom is -0.309 e. The number of hydrogen-bond acceptors (Lipinski definition) is 0. The second kappa shape index (κ2) is 6.63. The van der Waals surface area contributed by atoms with Crippen molar-refractivity contribution in [1.82, 2.24) is 4.57 Å². The van der Waals surface area contributed by atoms with Crippen LogP contribution in [-0.4, -0.2) is 4.57 Å². The van der Waals surface area contributed by atoms with E-state index in [0.717, 1.165) is 0 Å². The van der Waals surface area contributed by atoms with E-state index in [1.807, 2.05) is 0 Å². The van der Waals surface area contributed by atoms with Crippen molar-refractivity contribution in [2.75, 3.05) is 0 Å². The van der Waals surface area contributed by atoms with Crippen molar-refractivity contribution >= 4 is 21.8 Å². The molecular weight excluding hydrogens is 350 g/mol. The zero-order valence-corrected chi connectivity index (χ0v) is 17.2. The highest BCUT2D eigenvalue weighted by atomic mass is 15.0. The summed E-state index contributed by atoms with van der Waals surface area (Å²) in [5, 5.41) is 2.64. The highest BCUT2D eigenvalue weighted by Crippen LogP contribution is 2.41. The first-order valence-electron chi connectivity index (χ1n) is 10.2. The summed E-state index contributed by atoms with van der Waals surface area (Å²) in [6.45, 7) is 6.90. The molecule has 0 amide bonds. The molecule has 1 aromatic heterocycles. The molecule has 0 aliphatic rings. The Kier molecular flexibility index (Phi) is 4.06. The molecule has 0 saturated heterocycles. The van der Waals surface area contributed by atoms with E-state index in [0.29, 0.717) is 0 Å². The van der Waals surface area contributed by atoms with Gasteiger partial charge in [-0.05, 0) is 40.3 Å². The van der Waals surface area contributed by atoms with Crippen LogP contribution in [0.25, 0.3) is 38.6 Å². The summed E-state index contributed by atoms with van der Waals surface area (Å²) in [6, 6.07) is 34.9. The molecule has 0 aliphatic carbocycles. The Labute approximate surface area is 172 Å². The standard InChI is InChI=1S/C28H25N/c1-28(2,3)24-18-10-17-23-26-22(20-12-6-4-7-13-20)16-11-19-25(26)29(27(23)24)21-14-8-5-9-15-21/h4-19H,1-3H3. The van der Waals surface area contributed by atoms with Crippen molar-refractivity contribution in [2.24, 2.45) is 0 Å². The second-order valence-electron chi connectivity index (χ2n) is 8.69. The van der Waals surface area contributed by atoms with Gasteiger partial charge in [-0.3, -0.25) is 0 Å². The second-order valence-corrected chi connectivity index (χ2v) is 8.69. The molecule has 0 aliphatic heterocycles. The fraction of sp³-hybridized carbons (Fsp3) is 0.143. The van der Waals surface area contributed by atoms with Gasteiger partial charge < -0.3 is 4.57 Å². The van der Waals surface area contributed by atoms with Gasteiger partial charge in [-0.15, -0.1) is 0 Å². The Morgan fingerprint density at radius 1 is 0.621 bits per heavy atom. The first kappa shape index (κ1) is 17.8. The van der Waals surface area contributed by atoms with Crippen LogP contribution in [0.5, 0.6) is 0 Å². The molecular formula is C28H25N. The lowest BCUT2D eigenvalue weighted by molar-refractivity contribution is 0.594. The summed E-state index contributed by atoms with van der Waals surface area (Å²) in [4.78, 5) is 0. The van der Waals surface area contributed by atoms with Gasteiger partial charge in [0.25, 0.3) is 0 Å². The summed E-state index contributed by atoms with van der Waals surface area (Å²) >= 11 is 0. The van der Waals surface area contributed by atoms with Crippen molar-refractivity contribution in [3.63, 3.8) is 0 Å². The SMILES string of the molecule is CC(C)(C)c1cccc2c3c(-c4ccccc4)cccc3n(-c3ccccc3)c12. The molecule has 0 unspecified atom stereocenters. The average molecular weight is 376 g/mol. The quantitative estimate of drug-likeness (QED) is 0.297. The van der Waals surface area contributed by atoms with E-state index in [-0.39, 0.29) is 5.41 Å². The van der Waals surface area contributed by atoms with Gasteiger partial charge >= 0.3 is 0 Å². The summed E-state index contributed by atoms with van der Waals surface area (Å²) in [5.74, 6) is 0. The molecule has 0 atom stereocenters. The first-order chi connectivity index (χ1) is 14.1. The first-order valence-corrected chi connectivity index (χ1v) is 10.2. The van der Waals surface area contributed by atoms with Crippen molar-refractivity contribution < 1.29 is 0 Å². The fourth-order valence-corrected chi connectivity index (χ4v) is 4.42. The highest BCUT2D eigenvalue weighted by molar-refractivity contribution is 6.16. The highest BCUT2D eigenvalue weighted by Gasteiger charge is 2.23. The van der Waals surface area contributed by atoms with Crippen molar-refractivity contribution in [3.8, 4) is 16.8 Å². The zero-order valence-electron chi connectivity index (χ0n) is 17.2. The van der Waals surface area contributed by atoms with E-state index in [4.69, 9.17) is 0 Å². The van der Waals surface area contributed by atoms with Crippen LogP contribution < -0.4 is 0 Å². The van der Waals surface area contributed by atoms with Crippen molar-refractivity contribution in [3.05, 3.63) is 103 Å². The molecule has 1 heterocycles. The third kappa shape index (κ3) is 2.86. The number of hydrogen-bond donors (Lipinski definition) is 0. The fourth-order valence-electron chi connectivity index (χ4n) is 4.42. The number of fused-ring (bicyclic) bond motifs is 3. The summed E-state index contributed by atoms with van der Waals surface area (Å²) in [5.41, 5.74) is 7.73. The van der Waals surface area contributed by atoms with Gasteiger partial charge in [0.2, 0.25) is 0 Å². The maximum atomic E-state index is 2.44. The topological polar surface area (TPSA) is 4.93 Å². The van der Waals surface area contributed by atoms with Crippen LogP contribution in [0.15, 0.2) is 97.1 Å². The number of aromatic nitrogens is 1. The van der Waals surface area contributed by atoms with E-state index >= 15 is 0 Å². The van der Waals surface area contributed by atoms with E-state index < -0.39 is 0 Å².